The summed E-state index contributed by atoms with van der Waals surface area (Å²) in [4.78, 5) is 3.69. The molecule has 1 aromatic carbocycles. The van der Waals surface area contributed by atoms with E-state index in [2.05, 4.69) is 10.3 Å². The van der Waals surface area contributed by atoms with Gasteiger partial charge in [0.1, 0.15) is 5.01 Å². The third-order valence-electron chi connectivity index (χ3n) is 2.62. The number of nitrogens with zero attached hydrogens (tertiary/aromatic N) is 1. The molecule has 1 heterocycles. The Hall–Kier alpha value is -1.54. The molecule has 0 aliphatic carbocycles. The minimum absolute atomic E-state index is 0.149. The lowest BCUT2D eigenvalue weighted by molar-refractivity contribution is 0.235. The highest BCUT2D eigenvalue weighted by Crippen LogP contribution is 2.29. The fourth-order valence-electron chi connectivity index (χ4n) is 1.67. The van der Waals surface area contributed by atoms with Crippen LogP contribution in [0.1, 0.15) is 18.0 Å². The standard InChI is InChI=1S/C12H12F2N2O2S2/c1-8(11-15-6-7-19-11)16-9-4-2-3-5-10(9)20(17,18)12(13)14/h2-8,12,16H,1H3. The maximum atomic E-state index is 12.7. The van der Waals surface area contributed by atoms with Crippen LogP contribution in [0, 0.1) is 0 Å². The first-order valence-corrected chi connectivity index (χ1v) is 8.12. The molecule has 108 valence electrons. The first-order valence-electron chi connectivity index (χ1n) is 5.70. The number of hydrogen-bond donors (Lipinski definition) is 1. The van der Waals surface area contributed by atoms with Gasteiger partial charge in [0.2, 0.25) is 9.84 Å². The molecule has 20 heavy (non-hydrogen) atoms. The van der Waals surface area contributed by atoms with Crippen molar-refractivity contribution in [2.45, 2.75) is 23.6 Å². The Bertz CT molecular complexity index is 673. The Labute approximate surface area is 119 Å². The highest BCUT2D eigenvalue weighted by atomic mass is 32.2. The second kappa shape index (κ2) is 5.84. The normalized spacial score (nSPS) is 13.4. The van der Waals surface area contributed by atoms with Crippen molar-refractivity contribution in [3.8, 4) is 0 Å². The highest BCUT2D eigenvalue weighted by Gasteiger charge is 2.29. The Morgan fingerprint density at radius 2 is 2.00 bits per heavy atom. The maximum absolute atomic E-state index is 12.7. The van der Waals surface area contributed by atoms with Crippen molar-refractivity contribution in [3.63, 3.8) is 0 Å². The van der Waals surface area contributed by atoms with Gasteiger partial charge < -0.3 is 5.32 Å². The van der Waals surface area contributed by atoms with Gasteiger partial charge in [0.15, 0.2) is 0 Å². The van der Waals surface area contributed by atoms with Crippen molar-refractivity contribution < 1.29 is 17.2 Å². The highest BCUT2D eigenvalue weighted by molar-refractivity contribution is 7.91. The van der Waals surface area contributed by atoms with Crippen LogP contribution >= 0.6 is 11.3 Å². The zero-order chi connectivity index (χ0) is 14.8. The van der Waals surface area contributed by atoms with Crippen molar-refractivity contribution in [2.24, 2.45) is 0 Å². The average molecular weight is 318 g/mol. The van der Waals surface area contributed by atoms with Gasteiger partial charge in [-0.15, -0.1) is 11.3 Å². The van der Waals surface area contributed by atoms with E-state index in [1.54, 1.807) is 24.6 Å². The molecule has 0 bridgehead atoms. The van der Waals surface area contributed by atoms with Gasteiger partial charge in [-0.05, 0) is 19.1 Å². The smallest absolute Gasteiger partial charge is 0.341 e. The average Bonchev–Trinajstić information content (AvgIpc) is 2.93. The van der Waals surface area contributed by atoms with Crippen LogP contribution in [0.3, 0.4) is 0 Å². The topological polar surface area (TPSA) is 59.1 Å². The lowest BCUT2D eigenvalue weighted by Gasteiger charge is -2.16. The molecule has 0 saturated carbocycles. The third-order valence-corrected chi connectivity index (χ3v) is 5.02. The molecule has 0 amide bonds. The molecule has 0 fully saturated rings. The minimum Gasteiger partial charge on any atom is -0.375 e. The summed E-state index contributed by atoms with van der Waals surface area (Å²) >= 11 is 1.40. The van der Waals surface area contributed by atoms with Crippen molar-refractivity contribution in [1.29, 1.82) is 0 Å². The van der Waals surface area contributed by atoms with E-state index in [0.717, 1.165) is 5.01 Å². The predicted octanol–water partition coefficient (Wildman–Crippen LogP) is 3.31. The summed E-state index contributed by atoms with van der Waals surface area (Å²) in [6.45, 7) is 1.78. The van der Waals surface area contributed by atoms with Crippen molar-refractivity contribution in [1.82, 2.24) is 4.98 Å². The van der Waals surface area contributed by atoms with Crippen LogP contribution in [-0.2, 0) is 9.84 Å². The molecule has 0 radical (unpaired) electrons. The first kappa shape index (κ1) is 14.9. The van der Waals surface area contributed by atoms with Gasteiger partial charge in [0.05, 0.1) is 16.6 Å². The lowest BCUT2D eigenvalue weighted by atomic mass is 10.2. The summed E-state index contributed by atoms with van der Waals surface area (Å²) in [6.07, 6.45) is 1.62. The number of halogens is 2. The van der Waals surface area contributed by atoms with Crippen LogP contribution in [0.25, 0.3) is 0 Å². The SMILES string of the molecule is CC(Nc1ccccc1S(=O)(=O)C(F)F)c1nccs1. The number of para-hydroxylation sites is 1. The summed E-state index contributed by atoms with van der Waals surface area (Å²) in [5, 5.41) is 5.44. The van der Waals surface area contributed by atoms with E-state index in [1.165, 1.54) is 29.5 Å². The Balaban J connectivity index is 2.34. The molecule has 8 heteroatoms. The molecule has 0 spiro atoms. The zero-order valence-corrected chi connectivity index (χ0v) is 12.1. The molecule has 0 aliphatic rings. The van der Waals surface area contributed by atoms with Gasteiger partial charge in [0, 0.05) is 11.6 Å². The fraction of sp³-hybridized carbons (Fsp3) is 0.250. The van der Waals surface area contributed by atoms with Crippen LogP contribution < -0.4 is 5.32 Å². The number of anilines is 1. The van der Waals surface area contributed by atoms with Gasteiger partial charge in [-0.2, -0.15) is 8.78 Å². The number of rotatable bonds is 5. The molecule has 2 aromatic rings. The molecular formula is C12H12F2N2O2S2. The largest absolute Gasteiger partial charge is 0.375 e. The fourth-order valence-corrected chi connectivity index (χ4v) is 3.21. The number of aromatic nitrogens is 1. The third kappa shape index (κ3) is 2.96. The minimum atomic E-state index is -4.63. The number of thiazole rings is 1. The van der Waals surface area contributed by atoms with Gasteiger partial charge in [-0.25, -0.2) is 13.4 Å². The summed E-state index contributed by atoms with van der Waals surface area (Å²) < 4.78 is 48.6. The summed E-state index contributed by atoms with van der Waals surface area (Å²) in [5.74, 6) is -3.44. The molecular weight excluding hydrogens is 306 g/mol. The van der Waals surface area contributed by atoms with Crippen LogP contribution in [0.2, 0.25) is 0 Å². The summed E-state index contributed by atoms with van der Waals surface area (Å²) in [5.41, 5.74) is 0.149. The molecule has 0 saturated heterocycles. The Morgan fingerprint density at radius 1 is 1.30 bits per heavy atom. The molecule has 1 aromatic heterocycles. The van der Waals surface area contributed by atoms with Gasteiger partial charge in [0.25, 0.3) is 0 Å². The number of nitrogens with one attached hydrogen (secondary N) is 1. The monoisotopic (exact) mass is 318 g/mol. The predicted molar refractivity (Wildman–Crippen MR) is 73.8 cm³/mol. The van der Waals surface area contributed by atoms with E-state index < -0.39 is 20.5 Å². The number of alkyl halides is 2. The van der Waals surface area contributed by atoms with Gasteiger partial charge in [-0.3, -0.25) is 0 Å². The summed E-state index contributed by atoms with van der Waals surface area (Å²) in [6, 6.07) is 5.34. The van der Waals surface area contributed by atoms with E-state index in [-0.39, 0.29) is 11.7 Å². The molecule has 1 unspecified atom stereocenters. The van der Waals surface area contributed by atoms with Crippen molar-refractivity contribution in [2.75, 3.05) is 5.32 Å². The molecule has 1 atom stereocenters. The van der Waals surface area contributed by atoms with Crippen LogP contribution in [0.15, 0.2) is 40.7 Å². The van der Waals surface area contributed by atoms with Crippen molar-refractivity contribution in [3.05, 3.63) is 40.8 Å². The second-order valence-corrected chi connectivity index (χ2v) is 6.85. The van der Waals surface area contributed by atoms with Crippen molar-refractivity contribution >= 4 is 26.9 Å². The van der Waals surface area contributed by atoms with E-state index >= 15 is 0 Å². The number of benzene rings is 1. The number of hydrogen-bond acceptors (Lipinski definition) is 5. The van der Waals surface area contributed by atoms with Gasteiger partial charge >= 0.3 is 5.76 Å². The van der Waals surface area contributed by atoms with E-state index in [4.69, 9.17) is 0 Å². The Morgan fingerprint density at radius 3 is 2.60 bits per heavy atom. The molecule has 0 aliphatic heterocycles. The maximum Gasteiger partial charge on any atom is 0.341 e. The van der Waals surface area contributed by atoms with Gasteiger partial charge in [-0.1, -0.05) is 12.1 Å². The summed E-state index contributed by atoms with van der Waals surface area (Å²) in [7, 11) is -4.63. The molecule has 2 rings (SSSR count). The van der Waals surface area contributed by atoms with E-state index in [0.29, 0.717) is 0 Å². The second-order valence-electron chi connectivity index (χ2n) is 4.04. The van der Waals surface area contributed by atoms with Crippen LogP contribution in [-0.4, -0.2) is 19.2 Å². The molecule has 1 N–H and O–H groups in total. The van der Waals surface area contributed by atoms with E-state index in [9.17, 15) is 17.2 Å². The van der Waals surface area contributed by atoms with E-state index in [1.807, 2.05) is 0 Å². The quantitative estimate of drug-likeness (QED) is 0.919. The van der Waals surface area contributed by atoms with Crippen LogP contribution in [0.5, 0.6) is 0 Å². The van der Waals surface area contributed by atoms with Crippen LogP contribution in [0.4, 0.5) is 14.5 Å². The zero-order valence-electron chi connectivity index (χ0n) is 10.5. The Kier molecular flexibility index (Phi) is 4.34. The number of sulfone groups is 1. The molecule has 4 nitrogen and oxygen atoms in total. The lowest BCUT2D eigenvalue weighted by Crippen LogP contribution is -2.15. The first-order chi connectivity index (χ1) is 9.43.